The molecule has 0 aromatic carbocycles. The minimum Gasteiger partial charge on any atom is -0.0654 e. The van der Waals surface area contributed by atoms with Gasteiger partial charge in [-0.05, 0) is 24.2 Å². The van der Waals surface area contributed by atoms with Gasteiger partial charge in [-0.1, -0.05) is 86.0 Å². The topological polar surface area (TPSA) is 0 Å². The highest BCUT2D eigenvalue weighted by Gasteiger charge is 2.12. The second-order valence-electron chi connectivity index (χ2n) is 6.23. The van der Waals surface area contributed by atoms with Crippen molar-refractivity contribution >= 4 is 0 Å². The van der Waals surface area contributed by atoms with Gasteiger partial charge in [-0.3, -0.25) is 0 Å². The summed E-state index contributed by atoms with van der Waals surface area (Å²) in [5.74, 6) is 2.89. The maximum atomic E-state index is 2.45. The van der Waals surface area contributed by atoms with Crippen LogP contribution in [-0.4, -0.2) is 0 Å². The molecule has 0 amide bonds. The zero-order valence-corrected chi connectivity index (χ0v) is 13.1. The fraction of sp³-hybridized carbons (Fsp3) is 1.00. The summed E-state index contributed by atoms with van der Waals surface area (Å²) in [4.78, 5) is 0. The molecular weight excluding hydrogens is 204 g/mol. The summed E-state index contributed by atoms with van der Waals surface area (Å²) in [5, 5.41) is 0. The largest absolute Gasteiger partial charge is 0.0654 e. The molecule has 0 saturated heterocycles. The maximum absolute atomic E-state index is 2.45. The van der Waals surface area contributed by atoms with Gasteiger partial charge in [-0.15, -0.1) is 0 Å². The van der Waals surface area contributed by atoms with Crippen LogP contribution in [0.25, 0.3) is 0 Å². The predicted octanol–water partition coefficient (Wildman–Crippen LogP) is 6.45. The van der Waals surface area contributed by atoms with Crippen molar-refractivity contribution in [3.63, 3.8) is 0 Å². The molecule has 0 radical (unpaired) electrons. The summed E-state index contributed by atoms with van der Waals surface area (Å²) in [6.45, 7) is 11.8. The monoisotopic (exact) mass is 240 g/mol. The molecule has 0 aromatic rings. The molecular formula is C17H36. The highest BCUT2D eigenvalue weighted by atomic mass is 14.2. The third kappa shape index (κ3) is 9.68. The quantitative estimate of drug-likeness (QED) is 0.389. The molecule has 0 nitrogen and oxygen atoms in total. The molecule has 0 aromatic heterocycles. The molecule has 0 bridgehead atoms. The molecule has 0 heteroatoms. The van der Waals surface area contributed by atoms with Gasteiger partial charge in [-0.2, -0.15) is 0 Å². The molecule has 0 aliphatic carbocycles. The van der Waals surface area contributed by atoms with Crippen LogP contribution in [0, 0.1) is 17.8 Å². The maximum Gasteiger partial charge on any atom is -0.0412 e. The Balaban J connectivity index is 3.80. The Kier molecular flexibility index (Phi) is 11.1. The van der Waals surface area contributed by atoms with Crippen molar-refractivity contribution in [1.29, 1.82) is 0 Å². The molecule has 3 unspecified atom stereocenters. The zero-order valence-electron chi connectivity index (χ0n) is 13.1. The van der Waals surface area contributed by atoms with E-state index in [1.165, 1.54) is 57.8 Å². The second kappa shape index (κ2) is 11.1. The van der Waals surface area contributed by atoms with Gasteiger partial charge >= 0.3 is 0 Å². The van der Waals surface area contributed by atoms with Crippen LogP contribution < -0.4 is 0 Å². The van der Waals surface area contributed by atoms with Crippen molar-refractivity contribution in [2.75, 3.05) is 0 Å². The molecule has 3 atom stereocenters. The van der Waals surface area contributed by atoms with Gasteiger partial charge in [-0.25, -0.2) is 0 Å². The molecule has 0 heterocycles. The minimum atomic E-state index is 0.936. The van der Waals surface area contributed by atoms with Crippen molar-refractivity contribution in [3.05, 3.63) is 0 Å². The van der Waals surface area contributed by atoms with Crippen LogP contribution in [0.1, 0.15) is 92.4 Å². The van der Waals surface area contributed by atoms with E-state index in [2.05, 4.69) is 34.6 Å². The van der Waals surface area contributed by atoms with Crippen LogP contribution in [0.3, 0.4) is 0 Å². The lowest BCUT2D eigenvalue weighted by atomic mass is 9.85. The fourth-order valence-electron chi connectivity index (χ4n) is 2.93. The van der Waals surface area contributed by atoms with E-state index in [1.807, 2.05) is 0 Å². The van der Waals surface area contributed by atoms with Crippen molar-refractivity contribution in [1.82, 2.24) is 0 Å². The first kappa shape index (κ1) is 17.0. The first-order valence-corrected chi connectivity index (χ1v) is 8.13. The average Bonchev–Trinajstić information content (AvgIpc) is 2.29. The fourth-order valence-corrected chi connectivity index (χ4v) is 2.93. The first-order valence-electron chi connectivity index (χ1n) is 8.13. The Morgan fingerprint density at radius 2 is 1.35 bits per heavy atom. The van der Waals surface area contributed by atoms with E-state index in [0.29, 0.717) is 0 Å². The van der Waals surface area contributed by atoms with E-state index >= 15 is 0 Å². The van der Waals surface area contributed by atoms with E-state index in [-0.39, 0.29) is 0 Å². The molecule has 0 spiro atoms. The lowest BCUT2D eigenvalue weighted by molar-refractivity contribution is 0.317. The van der Waals surface area contributed by atoms with Gasteiger partial charge in [0.25, 0.3) is 0 Å². The van der Waals surface area contributed by atoms with Crippen LogP contribution in [0.5, 0.6) is 0 Å². The van der Waals surface area contributed by atoms with E-state index < -0.39 is 0 Å². The highest BCUT2D eigenvalue weighted by molar-refractivity contribution is 4.65. The van der Waals surface area contributed by atoms with Crippen molar-refractivity contribution in [2.45, 2.75) is 92.4 Å². The van der Waals surface area contributed by atoms with Gasteiger partial charge in [0, 0.05) is 0 Å². The lowest BCUT2D eigenvalue weighted by Gasteiger charge is -2.21. The van der Waals surface area contributed by atoms with E-state index in [4.69, 9.17) is 0 Å². The molecule has 17 heavy (non-hydrogen) atoms. The summed E-state index contributed by atoms with van der Waals surface area (Å²) in [7, 11) is 0. The van der Waals surface area contributed by atoms with Crippen LogP contribution in [0.4, 0.5) is 0 Å². The molecule has 0 fully saturated rings. The van der Waals surface area contributed by atoms with Crippen molar-refractivity contribution < 1.29 is 0 Å². The Morgan fingerprint density at radius 3 is 1.88 bits per heavy atom. The van der Waals surface area contributed by atoms with Gasteiger partial charge < -0.3 is 0 Å². The first-order chi connectivity index (χ1) is 8.13. The van der Waals surface area contributed by atoms with Crippen molar-refractivity contribution in [3.8, 4) is 0 Å². The van der Waals surface area contributed by atoms with Crippen LogP contribution in [0.15, 0.2) is 0 Å². The third-order valence-corrected chi connectivity index (χ3v) is 4.22. The third-order valence-electron chi connectivity index (χ3n) is 4.22. The Hall–Kier alpha value is 0. The Morgan fingerprint density at radius 1 is 0.706 bits per heavy atom. The summed E-state index contributed by atoms with van der Waals surface area (Å²) in [6.07, 6.45) is 12.8. The predicted molar refractivity (Wildman–Crippen MR) is 80.4 cm³/mol. The summed E-state index contributed by atoms with van der Waals surface area (Å²) in [5.41, 5.74) is 0. The second-order valence-corrected chi connectivity index (χ2v) is 6.23. The molecule has 104 valence electrons. The standard InChI is InChI=1S/C17H36/c1-6-10-16(5)14-17(11-7-2)13-9-12-15(4)8-3/h15-17H,6-14H2,1-5H3. The summed E-state index contributed by atoms with van der Waals surface area (Å²) < 4.78 is 0. The molecule has 0 saturated carbocycles. The highest BCUT2D eigenvalue weighted by Crippen LogP contribution is 2.26. The number of hydrogen-bond acceptors (Lipinski definition) is 0. The van der Waals surface area contributed by atoms with Crippen LogP contribution in [-0.2, 0) is 0 Å². The van der Waals surface area contributed by atoms with E-state index in [1.54, 1.807) is 0 Å². The van der Waals surface area contributed by atoms with Crippen LogP contribution >= 0.6 is 0 Å². The van der Waals surface area contributed by atoms with Gasteiger partial charge in [0.05, 0.1) is 0 Å². The minimum absolute atomic E-state index is 0.936. The van der Waals surface area contributed by atoms with E-state index in [9.17, 15) is 0 Å². The Bertz CT molecular complexity index is 150. The zero-order chi connectivity index (χ0) is 13.1. The SMILES string of the molecule is CCCC(C)CC(CCC)CCCC(C)CC. The lowest BCUT2D eigenvalue weighted by Crippen LogP contribution is -2.07. The van der Waals surface area contributed by atoms with Crippen LogP contribution in [0.2, 0.25) is 0 Å². The molecule has 0 aliphatic rings. The smallest absolute Gasteiger partial charge is 0.0412 e. The van der Waals surface area contributed by atoms with Gasteiger partial charge in [0.2, 0.25) is 0 Å². The normalized spacial score (nSPS) is 16.8. The van der Waals surface area contributed by atoms with Gasteiger partial charge in [0.15, 0.2) is 0 Å². The number of rotatable bonds is 11. The van der Waals surface area contributed by atoms with Gasteiger partial charge in [0.1, 0.15) is 0 Å². The van der Waals surface area contributed by atoms with Crippen molar-refractivity contribution in [2.24, 2.45) is 17.8 Å². The molecule has 0 aliphatic heterocycles. The Labute approximate surface area is 111 Å². The van der Waals surface area contributed by atoms with E-state index in [0.717, 1.165) is 17.8 Å². The number of hydrogen-bond donors (Lipinski definition) is 0. The molecule has 0 N–H and O–H groups in total. The summed E-state index contributed by atoms with van der Waals surface area (Å²) in [6, 6.07) is 0. The summed E-state index contributed by atoms with van der Waals surface area (Å²) >= 11 is 0. The average molecular weight is 240 g/mol. The molecule has 0 rings (SSSR count).